The molecule has 1 rings (SSSR count). The monoisotopic (exact) mass is 264 g/mol. The van der Waals surface area contributed by atoms with Gasteiger partial charge in [-0.15, -0.1) is 0 Å². The van der Waals surface area contributed by atoms with Crippen LogP contribution in [0.1, 0.15) is 26.3 Å². The molecule has 2 nitrogen and oxygen atoms in total. The van der Waals surface area contributed by atoms with Crippen LogP contribution in [-0.4, -0.2) is 20.7 Å². The van der Waals surface area contributed by atoms with Crippen molar-refractivity contribution in [1.29, 1.82) is 0 Å². The first-order valence-corrected chi connectivity index (χ1v) is 9.34. The average Bonchev–Trinajstić information content (AvgIpc) is 2.27. The maximum absolute atomic E-state index is 11.2. The van der Waals surface area contributed by atoms with E-state index in [1.54, 1.807) is 0 Å². The Morgan fingerprint density at radius 3 is 2.22 bits per heavy atom. The Labute approximate surface area is 111 Å². The first-order chi connectivity index (χ1) is 8.26. The zero-order chi connectivity index (χ0) is 13.8. The second kappa shape index (κ2) is 5.80. The van der Waals surface area contributed by atoms with E-state index in [-0.39, 0.29) is 11.1 Å². The maximum Gasteiger partial charge on any atom is 0.193 e. The summed E-state index contributed by atoms with van der Waals surface area (Å²) in [7, 11) is -1.87. The Morgan fingerprint density at radius 1 is 1.22 bits per heavy atom. The molecule has 0 aliphatic rings. The standard InChI is InChI=1S/C15H24O2Si/c1-15(2,3)18(4,5)17-14(12-16)11-13-9-7-6-8-10-13/h6-10,12,14H,11H2,1-5H3/t14-/m1/s1. The van der Waals surface area contributed by atoms with Gasteiger partial charge in [0, 0.05) is 6.42 Å². The van der Waals surface area contributed by atoms with Gasteiger partial charge in [0.05, 0.1) is 0 Å². The Balaban J connectivity index is 2.72. The molecule has 0 fully saturated rings. The van der Waals surface area contributed by atoms with Gasteiger partial charge in [-0.1, -0.05) is 51.1 Å². The fourth-order valence-electron chi connectivity index (χ4n) is 1.52. The minimum Gasteiger partial charge on any atom is -0.407 e. The largest absolute Gasteiger partial charge is 0.407 e. The first kappa shape index (κ1) is 15.1. The highest BCUT2D eigenvalue weighted by atomic mass is 28.4. The molecule has 0 bridgehead atoms. The lowest BCUT2D eigenvalue weighted by molar-refractivity contribution is -0.114. The van der Waals surface area contributed by atoms with E-state index in [2.05, 4.69) is 33.9 Å². The molecule has 0 spiro atoms. The lowest BCUT2D eigenvalue weighted by Crippen LogP contribution is -2.44. The van der Waals surface area contributed by atoms with Crippen molar-refractivity contribution in [3.63, 3.8) is 0 Å². The summed E-state index contributed by atoms with van der Waals surface area (Å²) in [6.45, 7) is 10.9. The Bertz CT molecular complexity index is 379. The average molecular weight is 264 g/mol. The number of carbonyl (C=O) groups excluding carboxylic acids is 1. The zero-order valence-corrected chi connectivity index (χ0v) is 13.1. The summed E-state index contributed by atoms with van der Waals surface area (Å²) in [5.74, 6) is 0. The van der Waals surface area contributed by atoms with E-state index in [1.807, 2.05) is 30.3 Å². The summed E-state index contributed by atoms with van der Waals surface area (Å²) in [4.78, 5) is 11.2. The Morgan fingerprint density at radius 2 is 1.78 bits per heavy atom. The highest BCUT2D eigenvalue weighted by Crippen LogP contribution is 2.37. The lowest BCUT2D eigenvalue weighted by Gasteiger charge is -2.38. The summed E-state index contributed by atoms with van der Waals surface area (Å²) in [5.41, 5.74) is 1.15. The van der Waals surface area contributed by atoms with Crippen molar-refractivity contribution < 1.29 is 9.22 Å². The Hall–Kier alpha value is -0.933. The van der Waals surface area contributed by atoms with E-state index in [0.29, 0.717) is 6.42 Å². The number of aldehydes is 1. The quantitative estimate of drug-likeness (QED) is 0.597. The fraction of sp³-hybridized carbons (Fsp3) is 0.533. The van der Waals surface area contributed by atoms with Gasteiger partial charge in [-0.2, -0.15) is 0 Å². The SMILES string of the molecule is CC(C)(C)[Si](C)(C)O[C@@H](C=O)Cc1ccccc1. The highest BCUT2D eigenvalue weighted by molar-refractivity contribution is 6.74. The third-order valence-electron chi connectivity index (χ3n) is 3.68. The molecule has 1 atom stereocenters. The van der Waals surface area contributed by atoms with Crippen molar-refractivity contribution in [3.05, 3.63) is 35.9 Å². The van der Waals surface area contributed by atoms with Crippen LogP contribution >= 0.6 is 0 Å². The molecule has 0 heterocycles. The normalized spacial score (nSPS) is 14.3. The summed E-state index contributed by atoms with van der Waals surface area (Å²) in [6.07, 6.45) is 1.28. The molecule has 0 aliphatic heterocycles. The molecule has 0 radical (unpaired) electrons. The lowest BCUT2D eigenvalue weighted by atomic mass is 10.1. The first-order valence-electron chi connectivity index (χ1n) is 6.43. The van der Waals surface area contributed by atoms with Crippen LogP contribution in [0.15, 0.2) is 30.3 Å². The van der Waals surface area contributed by atoms with Crippen molar-refractivity contribution >= 4 is 14.6 Å². The van der Waals surface area contributed by atoms with Crippen LogP contribution in [-0.2, 0) is 15.6 Å². The van der Waals surface area contributed by atoms with Crippen molar-refractivity contribution in [3.8, 4) is 0 Å². The molecular weight excluding hydrogens is 240 g/mol. The van der Waals surface area contributed by atoms with E-state index in [9.17, 15) is 4.79 Å². The molecule has 3 heteroatoms. The third kappa shape index (κ3) is 4.07. The van der Waals surface area contributed by atoms with Gasteiger partial charge in [-0.25, -0.2) is 0 Å². The smallest absolute Gasteiger partial charge is 0.193 e. The maximum atomic E-state index is 11.2. The molecule has 100 valence electrons. The molecule has 18 heavy (non-hydrogen) atoms. The summed E-state index contributed by atoms with van der Waals surface area (Å²) in [6, 6.07) is 10.0. The molecule has 0 unspecified atom stereocenters. The molecular formula is C15H24O2Si. The van der Waals surface area contributed by atoms with Gasteiger partial charge in [0.1, 0.15) is 12.4 Å². The highest BCUT2D eigenvalue weighted by Gasteiger charge is 2.39. The van der Waals surface area contributed by atoms with E-state index in [0.717, 1.165) is 11.8 Å². The second-order valence-corrected chi connectivity index (χ2v) is 11.0. The molecule has 1 aromatic carbocycles. The van der Waals surface area contributed by atoms with Crippen molar-refractivity contribution in [2.75, 3.05) is 0 Å². The second-order valence-electron chi connectivity index (χ2n) is 6.24. The van der Waals surface area contributed by atoms with Crippen LogP contribution in [0.25, 0.3) is 0 Å². The number of benzene rings is 1. The van der Waals surface area contributed by atoms with E-state index < -0.39 is 8.32 Å². The summed E-state index contributed by atoms with van der Waals surface area (Å²) >= 11 is 0. The zero-order valence-electron chi connectivity index (χ0n) is 12.1. The van der Waals surface area contributed by atoms with Gasteiger partial charge in [0.2, 0.25) is 0 Å². The number of hydrogen-bond donors (Lipinski definition) is 0. The molecule has 0 N–H and O–H groups in total. The summed E-state index contributed by atoms with van der Waals surface area (Å²) in [5, 5.41) is 0.130. The topological polar surface area (TPSA) is 26.3 Å². The van der Waals surface area contributed by atoms with Crippen LogP contribution in [0.5, 0.6) is 0 Å². The fourth-order valence-corrected chi connectivity index (χ4v) is 2.77. The van der Waals surface area contributed by atoms with Crippen LogP contribution in [0, 0.1) is 0 Å². The molecule has 0 saturated carbocycles. The number of rotatable bonds is 5. The van der Waals surface area contributed by atoms with E-state index in [1.165, 1.54) is 0 Å². The third-order valence-corrected chi connectivity index (χ3v) is 8.19. The molecule has 0 saturated heterocycles. The van der Waals surface area contributed by atoms with Crippen LogP contribution in [0.2, 0.25) is 18.1 Å². The Kier molecular flexibility index (Phi) is 4.88. The molecule has 0 aromatic heterocycles. The minimum atomic E-state index is -1.87. The van der Waals surface area contributed by atoms with Gasteiger partial charge in [-0.05, 0) is 23.7 Å². The van der Waals surface area contributed by atoms with Crippen molar-refractivity contribution in [2.24, 2.45) is 0 Å². The van der Waals surface area contributed by atoms with E-state index in [4.69, 9.17) is 4.43 Å². The number of carbonyl (C=O) groups is 1. The minimum absolute atomic E-state index is 0.130. The summed E-state index contributed by atoms with van der Waals surface area (Å²) < 4.78 is 6.13. The van der Waals surface area contributed by atoms with Crippen LogP contribution in [0.3, 0.4) is 0 Å². The van der Waals surface area contributed by atoms with Crippen molar-refractivity contribution in [2.45, 2.75) is 51.4 Å². The van der Waals surface area contributed by atoms with Gasteiger partial charge < -0.3 is 9.22 Å². The molecule has 0 amide bonds. The number of hydrogen-bond acceptors (Lipinski definition) is 2. The van der Waals surface area contributed by atoms with E-state index >= 15 is 0 Å². The molecule has 0 aliphatic carbocycles. The molecule has 1 aromatic rings. The van der Waals surface area contributed by atoms with Crippen molar-refractivity contribution in [1.82, 2.24) is 0 Å². The van der Waals surface area contributed by atoms with Gasteiger partial charge in [0.15, 0.2) is 8.32 Å². The van der Waals surface area contributed by atoms with Gasteiger partial charge in [-0.3, -0.25) is 0 Å². The van der Waals surface area contributed by atoms with Crippen LogP contribution < -0.4 is 0 Å². The predicted octanol–water partition coefficient (Wildman–Crippen LogP) is 3.82. The van der Waals surface area contributed by atoms with Gasteiger partial charge >= 0.3 is 0 Å². The predicted molar refractivity (Wildman–Crippen MR) is 78.3 cm³/mol. The van der Waals surface area contributed by atoms with Crippen LogP contribution in [0.4, 0.5) is 0 Å². The van der Waals surface area contributed by atoms with Gasteiger partial charge in [0.25, 0.3) is 0 Å².